The van der Waals surface area contributed by atoms with Crippen molar-refractivity contribution in [2.75, 3.05) is 0 Å². The average Bonchev–Trinajstić information content (AvgIpc) is 4.03. The summed E-state index contributed by atoms with van der Waals surface area (Å²) in [6, 6.07) is 18.5. The molecule has 0 unspecified atom stereocenters. The molecule has 0 radical (unpaired) electrons. The highest BCUT2D eigenvalue weighted by atomic mass is 19.4. The first-order chi connectivity index (χ1) is 28.4. The third kappa shape index (κ3) is 9.88. The van der Waals surface area contributed by atoms with Gasteiger partial charge in [-0.05, 0) is 85.6 Å². The zero-order valence-electron chi connectivity index (χ0n) is 30.6. The summed E-state index contributed by atoms with van der Waals surface area (Å²) in [4.78, 5) is 10.9. The Morgan fingerprint density at radius 1 is 0.533 bits per heavy atom. The fraction of sp³-hybridized carbons (Fsp3) is 0.211. The molecule has 2 aromatic heterocycles. The number of alkyl halides is 6. The summed E-state index contributed by atoms with van der Waals surface area (Å²) in [7, 11) is 0. The maximum absolute atomic E-state index is 14.0. The molecule has 2 aliphatic heterocycles. The summed E-state index contributed by atoms with van der Waals surface area (Å²) in [5.74, 6) is -0.885. The van der Waals surface area contributed by atoms with E-state index < -0.39 is 35.6 Å². The van der Waals surface area contributed by atoms with Crippen molar-refractivity contribution < 1.29 is 72.6 Å². The van der Waals surface area contributed by atoms with Gasteiger partial charge in [0.25, 0.3) is 11.8 Å². The van der Waals surface area contributed by atoms with Crippen molar-refractivity contribution in [3.63, 3.8) is 0 Å². The van der Waals surface area contributed by atoms with Crippen LogP contribution in [0, 0.1) is 11.6 Å². The van der Waals surface area contributed by atoms with E-state index in [1.807, 2.05) is 0 Å². The molecule has 0 bridgehead atoms. The lowest BCUT2D eigenvalue weighted by Crippen LogP contribution is -2.23. The molecule has 0 N–H and O–H groups in total. The summed E-state index contributed by atoms with van der Waals surface area (Å²) in [5.41, 5.74) is -0.641. The number of aromatic nitrogens is 4. The summed E-state index contributed by atoms with van der Waals surface area (Å²) in [6.07, 6.45) is -7.00. The maximum atomic E-state index is 14.0. The first-order valence-electron chi connectivity index (χ1n) is 17.1. The topological polar surface area (TPSA) is 158 Å². The first-order valence-corrected chi connectivity index (χ1v) is 17.1. The van der Waals surface area contributed by atoms with Crippen LogP contribution in [0.2, 0.25) is 0 Å². The van der Waals surface area contributed by atoms with Gasteiger partial charge in [0.2, 0.25) is 24.6 Å². The van der Waals surface area contributed by atoms with E-state index in [4.69, 9.17) is 28.0 Å². The number of hydrogen-bond donors (Lipinski definition) is 0. The molecule has 4 aromatic carbocycles. The van der Waals surface area contributed by atoms with Crippen LogP contribution in [0.4, 0.5) is 35.1 Å². The van der Waals surface area contributed by atoms with Gasteiger partial charge >= 0.3 is 12.7 Å². The third-order valence-corrected chi connectivity index (χ3v) is 8.60. The first kappa shape index (κ1) is 40.9. The SMILES string of the molecule is C[C@@]1(c2ccc(OC(F)(F)F)cc2)CC(Oc2ccc(F)c(-c3nnco3)c2)=NO1.C[C@]1(c2ccc(OC(F)(F)F)cc2)CC(Oc2ccc(F)c(-c3nnco3)c2)=NO1. The van der Waals surface area contributed by atoms with E-state index in [2.05, 4.69) is 40.2 Å². The highest BCUT2D eigenvalue weighted by Crippen LogP contribution is 2.39. The van der Waals surface area contributed by atoms with Crippen LogP contribution in [0.1, 0.15) is 37.8 Å². The molecule has 0 saturated carbocycles. The van der Waals surface area contributed by atoms with Crippen LogP contribution in [0.3, 0.4) is 0 Å². The van der Waals surface area contributed by atoms with Gasteiger partial charge in [0.15, 0.2) is 11.2 Å². The summed E-state index contributed by atoms with van der Waals surface area (Å²) < 4.78 is 131. The molecule has 8 rings (SSSR count). The summed E-state index contributed by atoms with van der Waals surface area (Å²) >= 11 is 0. The van der Waals surface area contributed by atoms with Gasteiger partial charge in [0, 0.05) is 0 Å². The van der Waals surface area contributed by atoms with E-state index in [0.29, 0.717) is 11.1 Å². The molecule has 4 heterocycles. The van der Waals surface area contributed by atoms with Crippen molar-refractivity contribution in [3.8, 4) is 45.9 Å². The van der Waals surface area contributed by atoms with Crippen LogP contribution in [0.25, 0.3) is 22.9 Å². The number of oxime groups is 2. The Balaban J connectivity index is 0.000000181. The van der Waals surface area contributed by atoms with Crippen LogP contribution >= 0.6 is 0 Å². The van der Waals surface area contributed by atoms with Crippen molar-refractivity contribution >= 4 is 11.8 Å². The number of nitrogens with zero attached hydrogens (tertiary/aromatic N) is 6. The fourth-order valence-corrected chi connectivity index (χ4v) is 5.76. The predicted octanol–water partition coefficient (Wildman–Crippen LogP) is 9.60. The van der Waals surface area contributed by atoms with Crippen LogP contribution in [0.5, 0.6) is 23.0 Å². The van der Waals surface area contributed by atoms with Gasteiger partial charge in [0.05, 0.1) is 24.0 Å². The summed E-state index contributed by atoms with van der Waals surface area (Å²) in [5, 5.41) is 22.1. The number of hydrogen-bond acceptors (Lipinski definition) is 14. The van der Waals surface area contributed by atoms with Crippen LogP contribution in [-0.2, 0) is 20.9 Å². The molecule has 2 atom stereocenters. The van der Waals surface area contributed by atoms with Gasteiger partial charge in [-0.25, -0.2) is 8.78 Å². The van der Waals surface area contributed by atoms with E-state index in [1.165, 1.54) is 84.9 Å². The molecule has 0 saturated heterocycles. The largest absolute Gasteiger partial charge is 0.573 e. The van der Waals surface area contributed by atoms with Crippen molar-refractivity contribution in [1.82, 2.24) is 20.4 Å². The average molecular weight is 847 g/mol. The lowest BCUT2D eigenvalue weighted by Gasteiger charge is -2.21. The molecule has 2 aliphatic rings. The predicted molar refractivity (Wildman–Crippen MR) is 188 cm³/mol. The Morgan fingerprint density at radius 3 is 1.23 bits per heavy atom. The zero-order chi connectivity index (χ0) is 42.7. The Bertz CT molecular complexity index is 2310. The van der Waals surface area contributed by atoms with Crippen molar-refractivity contribution in [2.24, 2.45) is 10.3 Å². The second kappa shape index (κ2) is 16.2. The minimum Gasteiger partial charge on any atom is -0.440 e. The monoisotopic (exact) mass is 846 g/mol. The normalized spacial score (nSPS) is 18.6. The van der Waals surface area contributed by atoms with E-state index >= 15 is 0 Å². The molecule has 0 fully saturated rings. The van der Waals surface area contributed by atoms with Crippen LogP contribution in [-0.4, -0.2) is 44.9 Å². The molecular weight excluding hydrogens is 820 g/mol. The quantitative estimate of drug-likeness (QED) is 0.134. The number of rotatable bonds is 8. The number of ether oxygens (including phenoxy) is 4. The molecule has 22 heteroatoms. The fourth-order valence-electron chi connectivity index (χ4n) is 5.76. The van der Waals surface area contributed by atoms with Crippen LogP contribution < -0.4 is 18.9 Å². The van der Waals surface area contributed by atoms with Crippen molar-refractivity contribution in [1.29, 1.82) is 0 Å². The number of halogens is 8. The third-order valence-electron chi connectivity index (χ3n) is 8.60. The van der Waals surface area contributed by atoms with Gasteiger partial charge < -0.3 is 37.5 Å². The Labute approximate surface area is 331 Å². The van der Waals surface area contributed by atoms with Gasteiger partial charge in [-0.1, -0.05) is 34.6 Å². The molecule has 6 aromatic rings. The Kier molecular flexibility index (Phi) is 11.0. The minimum absolute atomic E-state index is 0.00596. The molecule has 0 spiro atoms. The minimum atomic E-state index is -4.77. The lowest BCUT2D eigenvalue weighted by atomic mass is 9.93. The van der Waals surface area contributed by atoms with E-state index in [0.717, 1.165) is 12.8 Å². The highest BCUT2D eigenvalue weighted by Gasteiger charge is 2.40. The molecule has 0 amide bonds. The van der Waals surface area contributed by atoms with Crippen molar-refractivity contribution in [3.05, 3.63) is 120 Å². The smallest absolute Gasteiger partial charge is 0.440 e. The standard InChI is InChI=1S/2C19H13F4N3O4/c2*1-18(11-2-4-12(5-3-11)29-19(21,22)23)9-16(26-30-18)28-13-6-7-15(20)14(8-13)17-25-24-10-27-17/h2*2-8,10H,9H2,1H3/t2*18-/m10/s1. The Morgan fingerprint density at radius 2 is 0.900 bits per heavy atom. The lowest BCUT2D eigenvalue weighted by molar-refractivity contribution is -0.275. The van der Waals surface area contributed by atoms with Gasteiger partial charge in [-0.2, -0.15) is 0 Å². The molecule has 60 heavy (non-hydrogen) atoms. The van der Waals surface area contributed by atoms with Gasteiger partial charge in [0.1, 0.15) is 34.6 Å². The number of benzene rings is 4. The molecular formula is C38H26F8N6O8. The second-order valence-corrected chi connectivity index (χ2v) is 13.1. The zero-order valence-corrected chi connectivity index (χ0v) is 30.6. The molecule has 14 nitrogen and oxygen atoms in total. The van der Waals surface area contributed by atoms with E-state index in [9.17, 15) is 35.1 Å². The van der Waals surface area contributed by atoms with Gasteiger partial charge in [-0.3, -0.25) is 0 Å². The molecule has 0 aliphatic carbocycles. The molecule has 312 valence electrons. The van der Waals surface area contributed by atoms with Crippen LogP contribution in [0.15, 0.2) is 117 Å². The van der Waals surface area contributed by atoms with Crippen molar-refractivity contribution in [2.45, 2.75) is 50.6 Å². The Hall–Kier alpha value is -7.26. The van der Waals surface area contributed by atoms with E-state index in [-0.39, 0.29) is 70.5 Å². The van der Waals surface area contributed by atoms with Gasteiger partial charge in [-0.15, -0.1) is 46.7 Å². The highest BCUT2D eigenvalue weighted by molar-refractivity contribution is 5.81. The summed E-state index contributed by atoms with van der Waals surface area (Å²) in [6.45, 7) is 3.42. The maximum Gasteiger partial charge on any atom is 0.573 e. The van der Waals surface area contributed by atoms with E-state index in [1.54, 1.807) is 13.8 Å². The second-order valence-electron chi connectivity index (χ2n) is 13.1.